The van der Waals surface area contributed by atoms with Crippen molar-refractivity contribution in [3.05, 3.63) is 33.8 Å². The minimum Gasteiger partial charge on any atom is -0.447 e. The highest BCUT2D eigenvalue weighted by molar-refractivity contribution is 9.10. The van der Waals surface area contributed by atoms with Gasteiger partial charge in [-0.15, -0.1) is 12.4 Å². The van der Waals surface area contributed by atoms with Crippen molar-refractivity contribution in [2.45, 2.75) is 6.04 Å². The maximum Gasteiger partial charge on any atom is 0.407 e. The SMILES string of the molecule is Cl.O=C1N[C@@H](c2c(F)ccc(Br)c2F)CO1. The average Bonchev–Trinajstić information content (AvgIpc) is 2.59. The topological polar surface area (TPSA) is 38.3 Å². The molecule has 0 spiro atoms. The fourth-order valence-electron chi connectivity index (χ4n) is 1.40. The number of benzene rings is 1. The van der Waals surface area contributed by atoms with Crippen molar-refractivity contribution >= 4 is 34.4 Å². The Morgan fingerprint density at radius 3 is 2.69 bits per heavy atom. The summed E-state index contributed by atoms with van der Waals surface area (Å²) in [4.78, 5) is 10.7. The van der Waals surface area contributed by atoms with Crippen LogP contribution in [0.25, 0.3) is 0 Å². The minimum absolute atomic E-state index is 0. The van der Waals surface area contributed by atoms with E-state index >= 15 is 0 Å². The normalized spacial score (nSPS) is 18.7. The number of hydrogen-bond acceptors (Lipinski definition) is 2. The van der Waals surface area contributed by atoms with Crippen LogP contribution in [0.1, 0.15) is 11.6 Å². The van der Waals surface area contributed by atoms with Crippen LogP contribution in [0.5, 0.6) is 0 Å². The smallest absolute Gasteiger partial charge is 0.407 e. The first-order valence-electron chi connectivity index (χ1n) is 4.16. The molecule has 1 amide bonds. The van der Waals surface area contributed by atoms with Crippen LogP contribution in [0.4, 0.5) is 13.6 Å². The van der Waals surface area contributed by atoms with Gasteiger partial charge < -0.3 is 10.1 Å². The molecule has 0 unspecified atom stereocenters. The number of nitrogens with one attached hydrogen (secondary N) is 1. The molecule has 3 nitrogen and oxygen atoms in total. The summed E-state index contributed by atoms with van der Waals surface area (Å²) in [5.74, 6) is -1.42. The molecule has 1 fully saturated rings. The van der Waals surface area contributed by atoms with Gasteiger partial charge in [0.05, 0.1) is 16.1 Å². The monoisotopic (exact) mass is 313 g/mol. The van der Waals surface area contributed by atoms with Crippen LogP contribution in [-0.2, 0) is 4.74 Å². The molecule has 1 saturated heterocycles. The summed E-state index contributed by atoms with van der Waals surface area (Å²) in [5.41, 5.74) is -0.185. The fraction of sp³-hybridized carbons (Fsp3) is 0.222. The molecule has 0 radical (unpaired) electrons. The molecule has 0 saturated carbocycles. The third-order valence-corrected chi connectivity index (χ3v) is 2.71. The number of carbonyl (C=O) groups is 1. The van der Waals surface area contributed by atoms with Crippen molar-refractivity contribution in [1.29, 1.82) is 0 Å². The van der Waals surface area contributed by atoms with E-state index in [1.54, 1.807) is 0 Å². The van der Waals surface area contributed by atoms with Crippen molar-refractivity contribution in [2.24, 2.45) is 0 Å². The first kappa shape index (κ1) is 13.2. The van der Waals surface area contributed by atoms with Crippen molar-refractivity contribution in [1.82, 2.24) is 5.32 Å². The number of alkyl carbamates (subject to hydrolysis) is 1. The molecule has 0 aliphatic carbocycles. The number of cyclic esters (lactones) is 1. The van der Waals surface area contributed by atoms with Gasteiger partial charge in [-0.05, 0) is 28.1 Å². The van der Waals surface area contributed by atoms with Gasteiger partial charge in [-0.2, -0.15) is 0 Å². The third kappa shape index (κ3) is 2.27. The van der Waals surface area contributed by atoms with E-state index in [1.807, 2.05) is 0 Å². The lowest BCUT2D eigenvalue weighted by Gasteiger charge is -2.10. The van der Waals surface area contributed by atoms with Crippen molar-refractivity contribution in [3.63, 3.8) is 0 Å². The van der Waals surface area contributed by atoms with Crippen LogP contribution in [0, 0.1) is 11.6 Å². The fourth-order valence-corrected chi connectivity index (χ4v) is 1.75. The molecule has 1 aromatic rings. The third-order valence-electron chi connectivity index (χ3n) is 2.10. The second kappa shape index (κ2) is 4.97. The number of halogens is 4. The molecule has 16 heavy (non-hydrogen) atoms. The van der Waals surface area contributed by atoms with Gasteiger partial charge in [-0.3, -0.25) is 0 Å². The lowest BCUT2D eigenvalue weighted by molar-refractivity contribution is 0.176. The zero-order valence-corrected chi connectivity index (χ0v) is 10.2. The number of rotatable bonds is 1. The van der Waals surface area contributed by atoms with E-state index in [9.17, 15) is 13.6 Å². The van der Waals surface area contributed by atoms with Crippen LogP contribution >= 0.6 is 28.3 Å². The summed E-state index contributed by atoms with van der Waals surface area (Å²) in [5, 5.41) is 2.32. The maximum absolute atomic E-state index is 13.5. The minimum atomic E-state index is -0.769. The van der Waals surface area contributed by atoms with E-state index in [0.717, 1.165) is 6.07 Å². The molecule has 1 aliphatic heterocycles. The standard InChI is InChI=1S/C9H6BrF2NO2.ClH/c10-4-1-2-5(11)7(8(4)12)6-3-15-9(14)13-6;/h1-2,6H,3H2,(H,13,14);1H/t6-;/m1./s1. The van der Waals surface area contributed by atoms with Crippen molar-refractivity contribution < 1.29 is 18.3 Å². The van der Waals surface area contributed by atoms with Gasteiger partial charge >= 0.3 is 6.09 Å². The van der Waals surface area contributed by atoms with Crippen LogP contribution < -0.4 is 5.32 Å². The largest absolute Gasteiger partial charge is 0.447 e. The second-order valence-electron chi connectivity index (χ2n) is 3.05. The molecule has 1 N–H and O–H groups in total. The van der Waals surface area contributed by atoms with Crippen LogP contribution in [-0.4, -0.2) is 12.7 Å². The summed E-state index contributed by atoms with van der Waals surface area (Å²) in [6.07, 6.45) is -0.668. The van der Waals surface area contributed by atoms with E-state index in [1.165, 1.54) is 6.07 Å². The molecule has 1 aromatic carbocycles. The molecular weight excluding hydrogens is 307 g/mol. The average molecular weight is 315 g/mol. The highest BCUT2D eigenvalue weighted by Crippen LogP contribution is 2.28. The van der Waals surface area contributed by atoms with Crippen LogP contribution in [0.3, 0.4) is 0 Å². The first-order valence-corrected chi connectivity index (χ1v) is 4.95. The summed E-state index contributed by atoms with van der Waals surface area (Å²) in [6, 6.07) is 1.63. The van der Waals surface area contributed by atoms with Crippen molar-refractivity contribution in [3.8, 4) is 0 Å². The maximum atomic E-state index is 13.5. The van der Waals surface area contributed by atoms with Crippen LogP contribution in [0.2, 0.25) is 0 Å². The van der Waals surface area contributed by atoms with Gasteiger partial charge in [0.25, 0.3) is 0 Å². The summed E-state index contributed by atoms with van der Waals surface area (Å²) in [6.45, 7) is -0.0663. The number of hydrogen-bond donors (Lipinski definition) is 1. The highest BCUT2D eigenvalue weighted by atomic mass is 79.9. The first-order chi connectivity index (χ1) is 7.09. The zero-order chi connectivity index (χ0) is 11.0. The molecule has 1 atom stereocenters. The zero-order valence-electron chi connectivity index (χ0n) is 7.80. The molecule has 1 aliphatic rings. The van der Waals surface area contributed by atoms with Crippen molar-refractivity contribution in [2.75, 3.05) is 6.61 Å². The Hall–Kier alpha value is -0.880. The lowest BCUT2D eigenvalue weighted by atomic mass is 10.1. The second-order valence-corrected chi connectivity index (χ2v) is 3.91. The van der Waals surface area contributed by atoms with Gasteiger partial charge in [0.1, 0.15) is 18.2 Å². The van der Waals surface area contributed by atoms with Gasteiger partial charge in [0, 0.05) is 0 Å². The van der Waals surface area contributed by atoms with E-state index in [4.69, 9.17) is 0 Å². The van der Waals surface area contributed by atoms with E-state index < -0.39 is 23.8 Å². The number of ether oxygens (including phenoxy) is 1. The van der Waals surface area contributed by atoms with Gasteiger partial charge in [0.2, 0.25) is 0 Å². The molecule has 1 heterocycles. The molecule has 88 valence electrons. The summed E-state index contributed by atoms with van der Waals surface area (Å²) in [7, 11) is 0. The quantitative estimate of drug-likeness (QED) is 0.809. The van der Waals surface area contributed by atoms with E-state index in [-0.39, 0.29) is 29.1 Å². The lowest BCUT2D eigenvalue weighted by Crippen LogP contribution is -2.20. The molecule has 0 bridgehead atoms. The molecule has 2 rings (SSSR count). The van der Waals surface area contributed by atoms with Gasteiger partial charge in [-0.25, -0.2) is 13.6 Å². The predicted octanol–water partition coefficient (Wildman–Crippen LogP) is 2.93. The Bertz CT molecular complexity index is 430. The highest BCUT2D eigenvalue weighted by Gasteiger charge is 2.29. The Labute approximate surface area is 105 Å². The van der Waals surface area contributed by atoms with Gasteiger partial charge in [-0.1, -0.05) is 0 Å². The molecule has 0 aromatic heterocycles. The Morgan fingerprint density at radius 1 is 1.44 bits per heavy atom. The number of amides is 1. The Balaban J connectivity index is 0.00000128. The van der Waals surface area contributed by atoms with E-state index in [0.29, 0.717) is 0 Å². The summed E-state index contributed by atoms with van der Waals surface area (Å²) >= 11 is 2.95. The molecule has 7 heteroatoms. The predicted molar refractivity (Wildman–Crippen MR) is 58.5 cm³/mol. The Morgan fingerprint density at radius 2 is 2.12 bits per heavy atom. The van der Waals surface area contributed by atoms with E-state index in [2.05, 4.69) is 26.0 Å². The number of carbonyl (C=O) groups excluding carboxylic acids is 1. The van der Waals surface area contributed by atoms with Gasteiger partial charge in [0.15, 0.2) is 0 Å². The van der Waals surface area contributed by atoms with Crippen LogP contribution in [0.15, 0.2) is 16.6 Å². The molecular formula is C9H7BrClF2NO2. The Kier molecular flexibility index (Phi) is 4.09. The summed E-state index contributed by atoms with van der Waals surface area (Å²) < 4.78 is 31.6.